The number of nitrogens with zero attached hydrogens (tertiary/aromatic N) is 1. The Bertz CT molecular complexity index is 570. The monoisotopic (exact) mass is 274 g/mol. The molecule has 1 aromatic carbocycles. The second-order valence-electron chi connectivity index (χ2n) is 4.44. The van der Waals surface area contributed by atoms with Gasteiger partial charge < -0.3 is 20.5 Å². The van der Waals surface area contributed by atoms with Gasteiger partial charge in [0.1, 0.15) is 5.76 Å². The van der Waals surface area contributed by atoms with E-state index < -0.39 is 0 Å². The third-order valence-electron chi connectivity index (χ3n) is 3.02. The van der Waals surface area contributed by atoms with Crippen LogP contribution in [0.4, 0.5) is 16.2 Å². The number of nitrogens with one attached hydrogen (secondary N) is 3. The highest BCUT2D eigenvalue weighted by molar-refractivity contribution is 5.89. The summed E-state index contributed by atoms with van der Waals surface area (Å²) in [5.74, 6) is 0.827. The van der Waals surface area contributed by atoms with E-state index in [1.165, 1.54) is 0 Å². The standard InChI is InChI=1S/C14H18N4O2/c1-9-13(10(2)20-18-9)8-16-11-4-6-12(7-5-11)17-14(19)15-3/h4-7,16H,8H2,1-3H3,(H2,15,17,19). The van der Waals surface area contributed by atoms with Crippen molar-refractivity contribution >= 4 is 17.4 Å². The lowest BCUT2D eigenvalue weighted by Crippen LogP contribution is -2.24. The summed E-state index contributed by atoms with van der Waals surface area (Å²) < 4.78 is 5.11. The van der Waals surface area contributed by atoms with Crippen LogP contribution in [0, 0.1) is 13.8 Å². The van der Waals surface area contributed by atoms with Gasteiger partial charge in [-0.3, -0.25) is 0 Å². The summed E-state index contributed by atoms with van der Waals surface area (Å²) in [5.41, 5.74) is 3.67. The fourth-order valence-electron chi connectivity index (χ4n) is 1.81. The van der Waals surface area contributed by atoms with Crippen LogP contribution in [0.3, 0.4) is 0 Å². The molecule has 0 fully saturated rings. The lowest BCUT2D eigenvalue weighted by atomic mass is 10.2. The highest BCUT2D eigenvalue weighted by Gasteiger charge is 2.08. The molecule has 0 radical (unpaired) electrons. The van der Waals surface area contributed by atoms with Crippen LogP contribution < -0.4 is 16.0 Å². The number of urea groups is 1. The second kappa shape index (κ2) is 6.10. The van der Waals surface area contributed by atoms with Crippen LogP contribution >= 0.6 is 0 Å². The summed E-state index contributed by atoms with van der Waals surface area (Å²) in [6.07, 6.45) is 0. The molecule has 0 unspecified atom stereocenters. The van der Waals surface area contributed by atoms with Gasteiger partial charge in [-0.25, -0.2) is 4.79 Å². The van der Waals surface area contributed by atoms with E-state index in [-0.39, 0.29) is 6.03 Å². The molecule has 6 heteroatoms. The van der Waals surface area contributed by atoms with Crippen LogP contribution in [-0.4, -0.2) is 18.2 Å². The summed E-state index contributed by atoms with van der Waals surface area (Å²) in [6, 6.07) is 7.25. The number of anilines is 2. The fourth-order valence-corrected chi connectivity index (χ4v) is 1.81. The molecule has 20 heavy (non-hydrogen) atoms. The smallest absolute Gasteiger partial charge is 0.318 e. The average Bonchev–Trinajstić information content (AvgIpc) is 2.77. The summed E-state index contributed by atoms with van der Waals surface area (Å²) in [4.78, 5) is 11.2. The maximum absolute atomic E-state index is 11.2. The van der Waals surface area contributed by atoms with Gasteiger partial charge in [-0.2, -0.15) is 0 Å². The molecule has 2 aromatic rings. The Balaban J connectivity index is 1.96. The average molecular weight is 274 g/mol. The van der Waals surface area contributed by atoms with E-state index in [0.717, 1.165) is 28.4 Å². The summed E-state index contributed by atoms with van der Waals surface area (Å²) >= 11 is 0. The molecule has 2 rings (SSSR count). The number of rotatable bonds is 4. The molecule has 0 atom stereocenters. The van der Waals surface area contributed by atoms with Crippen molar-refractivity contribution in [3.63, 3.8) is 0 Å². The van der Waals surface area contributed by atoms with Crippen molar-refractivity contribution in [2.45, 2.75) is 20.4 Å². The van der Waals surface area contributed by atoms with Gasteiger partial charge in [-0.15, -0.1) is 0 Å². The third-order valence-corrected chi connectivity index (χ3v) is 3.02. The third kappa shape index (κ3) is 3.28. The molecule has 0 aliphatic rings. The predicted octanol–water partition coefficient (Wildman–Crippen LogP) is 2.65. The molecular weight excluding hydrogens is 256 g/mol. The first-order valence-electron chi connectivity index (χ1n) is 6.34. The fraction of sp³-hybridized carbons (Fsp3) is 0.286. The molecule has 0 aliphatic heterocycles. The van der Waals surface area contributed by atoms with Gasteiger partial charge in [0.25, 0.3) is 0 Å². The molecule has 106 valence electrons. The number of hydrogen-bond donors (Lipinski definition) is 3. The van der Waals surface area contributed by atoms with Gasteiger partial charge in [0.15, 0.2) is 0 Å². The molecule has 0 aliphatic carbocycles. The lowest BCUT2D eigenvalue weighted by molar-refractivity contribution is 0.254. The highest BCUT2D eigenvalue weighted by atomic mass is 16.5. The molecule has 6 nitrogen and oxygen atoms in total. The molecule has 0 spiro atoms. The van der Waals surface area contributed by atoms with Crippen LogP contribution in [0.2, 0.25) is 0 Å². The van der Waals surface area contributed by atoms with Gasteiger partial charge in [0.05, 0.1) is 5.69 Å². The van der Waals surface area contributed by atoms with Crippen molar-refractivity contribution in [2.75, 3.05) is 17.7 Å². The van der Waals surface area contributed by atoms with E-state index >= 15 is 0 Å². The molecule has 0 saturated heterocycles. The topological polar surface area (TPSA) is 79.2 Å². The lowest BCUT2D eigenvalue weighted by Gasteiger charge is -2.08. The van der Waals surface area contributed by atoms with Gasteiger partial charge in [0.2, 0.25) is 0 Å². The number of carbonyl (C=O) groups is 1. The van der Waals surface area contributed by atoms with E-state index in [1.807, 2.05) is 38.1 Å². The number of aryl methyl sites for hydroxylation is 2. The largest absolute Gasteiger partial charge is 0.381 e. The molecule has 0 saturated carbocycles. The minimum Gasteiger partial charge on any atom is -0.381 e. The Labute approximate surface area is 117 Å². The molecule has 1 aromatic heterocycles. The van der Waals surface area contributed by atoms with Crippen molar-refractivity contribution in [1.82, 2.24) is 10.5 Å². The normalized spacial score (nSPS) is 10.2. The van der Waals surface area contributed by atoms with Crippen LogP contribution in [0.15, 0.2) is 28.8 Å². The van der Waals surface area contributed by atoms with E-state index in [0.29, 0.717) is 6.54 Å². The van der Waals surface area contributed by atoms with Crippen molar-refractivity contribution in [1.29, 1.82) is 0 Å². The Morgan fingerprint density at radius 3 is 2.40 bits per heavy atom. The highest BCUT2D eigenvalue weighted by Crippen LogP contribution is 2.17. The van der Waals surface area contributed by atoms with Gasteiger partial charge in [0, 0.05) is 30.5 Å². The number of benzene rings is 1. The van der Waals surface area contributed by atoms with Crippen molar-refractivity contribution in [3.8, 4) is 0 Å². The molecule has 2 amide bonds. The summed E-state index contributed by atoms with van der Waals surface area (Å²) in [7, 11) is 1.58. The molecular formula is C14H18N4O2. The zero-order valence-electron chi connectivity index (χ0n) is 11.8. The SMILES string of the molecule is CNC(=O)Nc1ccc(NCc2c(C)noc2C)cc1. The Morgan fingerprint density at radius 1 is 1.20 bits per heavy atom. The first-order chi connectivity index (χ1) is 9.60. The second-order valence-corrected chi connectivity index (χ2v) is 4.44. The van der Waals surface area contributed by atoms with Crippen LogP contribution in [-0.2, 0) is 6.54 Å². The Kier molecular flexibility index (Phi) is 4.24. The summed E-state index contributed by atoms with van der Waals surface area (Å²) in [5, 5.41) is 12.4. The van der Waals surface area contributed by atoms with Crippen molar-refractivity contribution in [3.05, 3.63) is 41.3 Å². The Morgan fingerprint density at radius 2 is 1.85 bits per heavy atom. The zero-order valence-corrected chi connectivity index (χ0v) is 11.8. The molecule has 3 N–H and O–H groups in total. The van der Waals surface area contributed by atoms with Crippen LogP contribution in [0.5, 0.6) is 0 Å². The number of aromatic nitrogens is 1. The van der Waals surface area contributed by atoms with E-state index in [9.17, 15) is 4.79 Å². The molecule has 0 bridgehead atoms. The zero-order chi connectivity index (χ0) is 14.5. The number of carbonyl (C=O) groups excluding carboxylic acids is 1. The Hall–Kier alpha value is -2.50. The van der Waals surface area contributed by atoms with E-state index in [2.05, 4.69) is 21.1 Å². The molecule has 1 heterocycles. The minimum atomic E-state index is -0.235. The maximum atomic E-state index is 11.2. The van der Waals surface area contributed by atoms with Gasteiger partial charge in [-0.05, 0) is 38.1 Å². The number of amides is 2. The van der Waals surface area contributed by atoms with Crippen molar-refractivity contribution < 1.29 is 9.32 Å². The van der Waals surface area contributed by atoms with E-state index in [4.69, 9.17) is 4.52 Å². The minimum absolute atomic E-state index is 0.235. The van der Waals surface area contributed by atoms with Crippen molar-refractivity contribution in [2.24, 2.45) is 0 Å². The summed E-state index contributed by atoms with van der Waals surface area (Å²) in [6.45, 7) is 4.47. The predicted molar refractivity (Wildman–Crippen MR) is 77.8 cm³/mol. The maximum Gasteiger partial charge on any atom is 0.318 e. The van der Waals surface area contributed by atoms with E-state index in [1.54, 1.807) is 7.05 Å². The number of hydrogen-bond acceptors (Lipinski definition) is 4. The first kappa shape index (κ1) is 13.9. The van der Waals surface area contributed by atoms with Gasteiger partial charge in [-0.1, -0.05) is 5.16 Å². The first-order valence-corrected chi connectivity index (χ1v) is 6.34. The van der Waals surface area contributed by atoms with Crippen LogP contribution in [0.1, 0.15) is 17.0 Å². The van der Waals surface area contributed by atoms with Gasteiger partial charge >= 0.3 is 6.03 Å². The quantitative estimate of drug-likeness (QED) is 0.800. The van der Waals surface area contributed by atoms with Crippen LogP contribution in [0.25, 0.3) is 0 Å².